The molecular formula is C20H26N2O2. The van der Waals surface area contributed by atoms with Crippen molar-refractivity contribution in [3.63, 3.8) is 0 Å². The first-order chi connectivity index (χ1) is 11.7. The monoisotopic (exact) mass is 326 g/mol. The zero-order chi connectivity index (χ0) is 17.2. The quantitative estimate of drug-likeness (QED) is 0.539. The fourth-order valence-electron chi connectivity index (χ4n) is 2.55. The van der Waals surface area contributed by atoms with Crippen LogP contribution >= 0.6 is 0 Å². The molecule has 128 valence electrons. The lowest BCUT2D eigenvalue weighted by atomic mass is 10.0. The van der Waals surface area contributed by atoms with E-state index < -0.39 is 0 Å². The van der Waals surface area contributed by atoms with E-state index in [2.05, 4.69) is 11.8 Å². The molecule has 0 radical (unpaired) electrons. The molecule has 24 heavy (non-hydrogen) atoms. The minimum Gasteiger partial charge on any atom is -0.494 e. The van der Waals surface area contributed by atoms with Gasteiger partial charge in [-0.15, -0.1) is 0 Å². The maximum atomic E-state index is 12.3. The predicted octanol–water partition coefficient (Wildman–Crippen LogP) is 2.97. The Hall–Kier alpha value is -2.17. The maximum Gasteiger partial charge on any atom is 0.193 e. The van der Waals surface area contributed by atoms with E-state index in [0.717, 1.165) is 31.8 Å². The topological polar surface area (TPSA) is 55.6 Å². The highest BCUT2D eigenvalue weighted by Gasteiger charge is 2.08. The molecule has 2 aromatic carbocycles. The molecule has 0 aliphatic heterocycles. The molecule has 2 rings (SSSR count). The number of nitrogens with two attached hydrogens (primary N) is 1. The lowest BCUT2D eigenvalue weighted by molar-refractivity contribution is 0.103. The Bertz CT molecular complexity index is 611. The summed E-state index contributed by atoms with van der Waals surface area (Å²) >= 11 is 0. The lowest BCUT2D eigenvalue weighted by Gasteiger charge is -2.19. The first kappa shape index (κ1) is 18.2. The van der Waals surface area contributed by atoms with Crippen molar-refractivity contribution in [2.24, 2.45) is 5.73 Å². The summed E-state index contributed by atoms with van der Waals surface area (Å²) in [6.45, 7) is 6.40. The van der Waals surface area contributed by atoms with Gasteiger partial charge in [0.25, 0.3) is 0 Å². The molecule has 4 nitrogen and oxygen atoms in total. The SMILES string of the molecule is CCN(CCN)CCCOc1ccc(C(=O)c2ccccc2)cc1. The maximum absolute atomic E-state index is 12.3. The number of ketones is 1. The number of hydrogen-bond acceptors (Lipinski definition) is 4. The van der Waals surface area contributed by atoms with Crippen LogP contribution in [0.3, 0.4) is 0 Å². The third kappa shape index (κ3) is 5.48. The number of likely N-dealkylation sites (N-methyl/N-ethyl adjacent to an activating group) is 1. The number of benzene rings is 2. The van der Waals surface area contributed by atoms with Crippen molar-refractivity contribution >= 4 is 5.78 Å². The summed E-state index contributed by atoms with van der Waals surface area (Å²) in [6.07, 6.45) is 0.957. The summed E-state index contributed by atoms with van der Waals surface area (Å²) in [4.78, 5) is 14.6. The van der Waals surface area contributed by atoms with E-state index in [9.17, 15) is 4.79 Å². The second kappa shape index (κ2) is 9.85. The zero-order valence-corrected chi connectivity index (χ0v) is 14.3. The Balaban J connectivity index is 1.81. The molecule has 0 heterocycles. The van der Waals surface area contributed by atoms with E-state index in [1.807, 2.05) is 54.6 Å². The van der Waals surface area contributed by atoms with Crippen molar-refractivity contribution in [3.05, 3.63) is 65.7 Å². The smallest absolute Gasteiger partial charge is 0.193 e. The first-order valence-electron chi connectivity index (χ1n) is 8.49. The number of hydrogen-bond donors (Lipinski definition) is 1. The van der Waals surface area contributed by atoms with E-state index in [1.165, 1.54) is 0 Å². The summed E-state index contributed by atoms with van der Waals surface area (Å²) in [7, 11) is 0. The molecule has 0 aliphatic carbocycles. The minimum absolute atomic E-state index is 0.0301. The second-order valence-corrected chi connectivity index (χ2v) is 5.64. The van der Waals surface area contributed by atoms with Crippen molar-refractivity contribution in [1.82, 2.24) is 4.90 Å². The van der Waals surface area contributed by atoms with Crippen LogP contribution in [0.1, 0.15) is 29.3 Å². The minimum atomic E-state index is 0.0301. The van der Waals surface area contributed by atoms with E-state index >= 15 is 0 Å². The summed E-state index contributed by atoms with van der Waals surface area (Å²) < 4.78 is 5.75. The van der Waals surface area contributed by atoms with Gasteiger partial charge >= 0.3 is 0 Å². The van der Waals surface area contributed by atoms with E-state index in [-0.39, 0.29) is 5.78 Å². The van der Waals surface area contributed by atoms with Gasteiger partial charge in [-0.1, -0.05) is 37.3 Å². The van der Waals surface area contributed by atoms with Gasteiger partial charge in [-0.2, -0.15) is 0 Å². The lowest BCUT2D eigenvalue weighted by Crippen LogP contribution is -2.30. The molecule has 0 saturated carbocycles. The number of nitrogens with zero attached hydrogens (tertiary/aromatic N) is 1. The molecular weight excluding hydrogens is 300 g/mol. The fraction of sp³-hybridized carbons (Fsp3) is 0.350. The average molecular weight is 326 g/mol. The van der Waals surface area contributed by atoms with E-state index in [0.29, 0.717) is 24.3 Å². The summed E-state index contributed by atoms with van der Waals surface area (Å²) in [5.41, 5.74) is 6.95. The van der Waals surface area contributed by atoms with Crippen LogP contribution in [0.25, 0.3) is 0 Å². The summed E-state index contributed by atoms with van der Waals surface area (Å²) in [5, 5.41) is 0. The van der Waals surface area contributed by atoms with Gasteiger partial charge in [-0.25, -0.2) is 0 Å². The Kier molecular flexibility index (Phi) is 7.46. The molecule has 0 aromatic heterocycles. The van der Waals surface area contributed by atoms with Gasteiger partial charge in [0.1, 0.15) is 5.75 Å². The van der Waals surface area contributed by atoms with Crippen LogP contribution in [0.2, 0.25) is 0 Å². The highest BCUT2D eigenvalue weighted by Crippen LogP contribution is 2.15. The van der Waals surface area contributed by atoms with Crippen molar-refractivity contribution in [3.8, 4) is 5.75 Å². The first-order valence-corrected chi connectivity index (χ1v) is 8.49. The van der Waals surface area contributed by atoms with Crippen LogP contribution in [0.5, 0.6) is 5.75 Å². The van der Waals surface area contributed by atoms with Gasteiger partial charge in [0.15, 0.2) is 5.78 Å². The van der Waals surface area contributed by atoms with Crippen molar-refractivity contribution in [2.45, 2.75) is 13.3 Å². The van der Waals surface area contributed by atoms with E-state index in [4.69, 9.17) is 10.5 Å². The average Bonchev–Trinajstić information content (AvgIpc) is 2.65. The molecule has 0 aliphatic rings. The van der Waals surface area contributed by atoms with Crippen LogP contribution in [0.15, 0.2) is 54.6 Å². The van der Waals surface area contributed by atoms with Crippen molar-refractivity contribution in [2.75, 3.05) is 32.8 Å². The van der Waals surface area contributed by atoms with Gasteiger partial charge in [0.2, 0.25) is 0 Å². The van der Waals surface area contributed by atoms with Gasteiger partial charge in [0.05, 0.1) is 6.61 Å². The standard InChI is InChI=1S/C20H26N2O2/c1-2-22(15-13-21)14-6-16-24-19-11-9-18(10-12-19)20(23)17-7-4-3-5-8-17/h3-5,7-12H,2,6,13-16,21H2,1H3. The van der Waals surface area contributed by atoms with Gasteiger partial charge in [-0.05, 0) is 37.2 Å². The predicted molar refractivity (Wildman–Crippen MR) is 97.6 cm³/mol. The summed E-state index contributed by atoms with van der Waals surface area (Å²) in [5.74, 6) is 0.823. The normalized spacial score (nSPS) is 10.8. The summed E-state index contributed by atoms with van der Waals surface area (Å²) in [6, 6.07) is 16.6. The largest absolute Gasteiger partial charge is 0.494 e. The molecule has 0 amide bonds. The second-order valence-electron chi connectivity index (χ2n) is 5.64. The molecule has 0 bridgehead atoms. The van der Waals surface area contributed by atoms with E-state index in [1.54, 1.807) is 0 Å². The third-order valence-electron chi connectivity index (χ3n) is 3.93. The van der Waals surface area contributed by atoms with Crippen LogP contribution in [0.4, 0.5) is 0 Å². The van der Waals surface area contributed by atoms with Crippen LogP contribution < -0.4 is 10.5 Å². The Morgan fingerprint density at radius 3 is 2.29 bits per heavy atom. The zero-order valence-electron chi connectivity index (χ0n) is 14.3. The van der Waals surface area contributed by atoms with Gasteiger partial charge in [-0.3, -0.25) is 4.79 Å². The molecule has 2 aromatic rings. The Morgan fingerprint density at radius 1 is 1.00 bits per heavy atom. The third-order valence-corrected chi connectivity index (χ3v) is 3.93. The molecule has 4 heteroatoms. The number of rotatable bonds is 10. The van der Waals surface area contributed by atoms with Crippen molar-refractivity contribution < 1.29 is 9.53 Å². The number of carbonyl (C=O) groups excluding carboxylic acids is 1. The highest BCUT2D eigenvalue weighted by molar-refractivity contribution is 6.08. The number of carbonyl (C=O) groups is 1. The molecule has 0 unspecified atom stereocenters. The van der Waals surface area contributed by atoms with Gasteiger partial charge in [0, 0.05) is 30.8 Å². The number of ether oxygens (including phenoxy) is 1. The Labute approximate surface area is 144 Å². The highest BCUT2D eigenvalue weighted by atomic mass is 16.5. The van der Waals surface area contributed by atoms with Gasteiger partial charge < -0.3 is 15.4 Å². The molecule has 0 atom stereocenters. The van der Waals surface area contributed by atoms with Crippen LogP contribution in [-0.4, -0.2) is 43.5 Å². The molecule has 0 fully saturated rings. The molecule has 0 saturated heterocycles. The molecule has 2 N–H and O–H groups in total. The van der Waals surface area contributed by atoms with Crippen LogP contribution in [-0.2, 0) is 0 Å². The fourth-order valence-corrected chi connectivity index (χ4v) is 2.55. The van der Waals surface area contributed by atoms with Crippen LogP contribution in [0, 0.1) is 0 Å². The Morgan fingerprint density at radius 2 is 1.67 bits per heavy atom. The molecule has 0 spiro atoms. The van der Waals surface area contributed by atoms with Crippen molar-refractivity contribution in [1.29, 1.82) is 0 Å².